The number of nitrogens with zero attached hydrogens (tertiary/aromatic N) is 2. The molecule has 7 heteroatoms. The van der Waals surface area contributed by atoms with Crippen LogP contribution in [0.1, 0.15) is 36.3 Å². The van der Waals surface area contributed by atoms with E-state index in [1.54, 1.807) is 0 Å². The van der Waals surface area contributed by atoms with Crippen LogP contribution in [0.5, 0.6) is 5.75 Å². The lowest BCUT2D eigenvalue weighted by Crippen LogP contribution is -2.27. The van der Waals surface area contributed by atoms with Gasteiger partial charge in [0.1, 0.15) is 12.1 Å². The number of rotatable bonds is 5. The standard InChI is InChI=1S/C15H16N4O3/c1-3-21-11-6-4-5-10-7-12(22-13(10)11)9(2)18-15(20)14-16-8-17-19-14/h4-9H,3H2,1-2H3,(H,18,20)(H,16,17,19). The minimum Gasteiger partial charge on any atom is -0.490 e. The van der Waals surface area contributed by atoms with E-state index in [9.17, 15) is 4.79 Å². The van der Waals surface area contributed by atoms with Crippen LogP contribution in [0.25, 0.3) is 11.0 Å². The largest absolute Gasteiger partial charge is 0.490 e. The SMILES string of the molecule is CCOc1cccc2cc(C(C)NC(=O)c3ncn[nH]3)oc12. The Morgan fingerprint density at radius 3 is 3.09 bits per heavy atom. The molecule has 0 saturated carbocycles. The molecule has 2 heterocycles. The highest BCUT2D eigenvalue weighted by atomic mass is 16.5. The Hall–Kier alpha value is -2.83. The van der Waals surface area contributed by atoms with Crippen LogP contribution >= 0.6 is 0 Å². The number of furan rings is 1. The van der Waals surface area contributed by atoms with Crippen molar-refractivity contribution in [3.05, 3.63) is 42.2 Å². The second kappa shape index (κ2) is 5.88. The van der Waals surface area contributed by atoms with Gasteiger partial charge in [0.15, 0.2) is 11.3 Å². The summed E-state index contributed by atoms with van der Waals surface area (Å²) in [7, 11) is 0. The third-order valence-electron chi connectivity index (χ3n) is 3.23. The van der Waals surface area contributed by atoms with Crippen LogP contribution in [0.3, 0.4) is 0 Å². The van der Waals surface area contributed by atoms with Crippen LogP contribution in [0.4, 0.5) is 0 Å². The summed E-state index contributed by atoms with van der Waals surface area (Å²) in [6.07, 6.45) is 1.29. The maximum Gasteiger partial charge on any atom is 0.289 e. The topological polar surface area (TPSA) is 93.0 Å². The Morgan fingerprint density at radius 1 is 1.50 bits per heavy atom. The number of amides is 1. The minimum absolute atomic E-state index is 0.165. The average Bonchev–Trinajstić information content (AvgIpc) is 3.17. The van der Waals surface area contributed by atoms with Gasteiger partial charge in [-0.05, 0) is 26.0 Å². The number of aromatic amines is 1. The van der Waals surface area contributed by atoms with Crippen molar-refractivity contribution in [1.29, 1.82) is 0 Å². The van der Waals surface area contributed by atoms with E-state index in [0.29, 0.717) is 23.7 Å². The number of H-pyrrole nitrogens is 1. The van der Waals surface area contributed by atoms with E-state index in [0.717, 1.165) is 5.39 Å². The Labute approximate surface area is 126 Å². The van der Waals surface area contributed by atoms with E-state index in [4.69, 9.17) is 9.15 Å². The van der Waals surface area contributed by atoms with Crippen LogP contribution in [0.15, 0.2) is 35.0 Å². The van der Waals surface area contributed by atoms with E-state index in [1.807, 2.05) is 38.1 Å². The van der Waals surface area contributed by atoms with Crippen molar-refractivity contribution in [3.8, 4) is 5.75 Å². The Bertz CT molecular complexity index is 779. The van der Waals surface area contributed by atoms with Gasteiger partial charge in [0.25, 0.3) is 5.91 Å². The van der Waals surface area contributed by atoms with Crippen LogP contribution < -0.4 is 10.1 Å². The van der Waals surface area contributed by atoms with E-state index in [-0.39, 0.29) is 17.8 Å². The molecule has 3 rings (SSSR count). The summed E-state index contributed by atoms with van der Waals surface area (Å²) in [4.78, 5) is 15.8. The van der Waals surface area contributed by atoms with Gasteiger partial charge in [-0.15, -0.1) is 0 Å². The summed E-state index contributed by atoms with van der Waals surface area (Å²) >= 11 is 0. The maximum atomic E-state index is 12.0. The zero-order chi connectivity index (χ0) is 15.5. The summed E-state index contributed by atoms with van der Waals surface area (Å²) < 4.78 is 11.4. The monoisotopic (exact) mass is 300 g/mol. The second-order valence-corrected chi connectivity index (χ2v) is 4.79. The number of carbonyl (C=O) groups is 1. The highest BCUT2D eigenvalue weighted by molar-refractivity contribution is 5.90. The number of hydrogen-bond donors (Lipinski definition) is 2. The number of benzene rings is 1. The first kappa shape index (κ1) is 14.1. The number of hydrogen-bond acceptors (Lipinski definition) is 5. The van der Waals surface area contributed by atoms with Crippen molar-refractivity contribution >= 4 is 16.9 Å². The van der Waals surface area contributed by atoms with Gasteiger partial charge in [-0.3, -0.25) is 9.89 Å². The molecule has 7 nitrogen and oxygen atoms in total. The zero-order valence-corrected chi connectivity index (χ0v) is 12.3. The predicted octanol–water partition coefficient (Wildman–Crippen LogP) is 2.44. The fraction of sp³-hybridized carbons (Fsp3) is 0.267. The van der Waals surface area contributed by atoms with Crippen molar-refractivity contribution in [2.45, 2.75) is 19.9 Å². The fourth-order valence-corrected chi connectivity index (χ4v) is 2.19. The number of para-hydroxylation sites is 1. The highest BCUT2D eigenvalue weighted by Crippen LogP contribution is 2.31. The van der Waals surface area contributed by atoms with Gasteiger partial charge in [0, 0.05) is 5.39 Å². The first-order chi connectivity index (χ1) is 10.7. The van der Waals surface area contributed by atoms with Gasteiger partial charge >= 0.3 is 0 Å². The molecule has 0 fully saturated rings. The van der Waals surface area contributed by atoms with Crippen LogP contribution in [0, 0.1) is 0 Å². The van der Waals surface area contributed by atoms with Crippen molar-refractivity contribution in [2.75, 3.05) is 6.61 Å². The Balaban J connectivity index is 1.83. The van der Waals surface area contributed by atoms with Crippen LogP contribution in [-0.2, 0) is 0 Å². The molecule has 2 N–H and O–H groups in total. The van der Waals surface area contributed by atoms with Gasteiger partial charge in [0.2, 0.25) is 5.82 Å². The molecule has 0 aliphatic carbocycles. The first-order valence-electron chi connectivity index (χ1n) is 7.00. The van der Waals surface area contributed by atoms with Gasteiger partial charge in [-0.2, -0.15) is 5.10 Å². The van der Waals surface area contributed by atoms with Gasteiger partial charge in [-0.1, -0.05) is 12.1 Å². The normalized spacial score (nSPS) is 12.3. The summed E-state index contributed by atoms with van der Waals surface area (Å²) in [6, 6.07) is 7.29. The van der Waals surface area contributed by atoms with E-state index in [1.165, 1.54) is 6.33 Å². The molecular weight excluding hydrogens is 284 g/mol. The summed E-state index contributed by atoms with van der Waals surface area (Å²) in [5.74, 6) is 1.17. The molecule has 0 radical (unpaired) electrons. The van der Waals surface area contributed by atoms with Gasteiger partial charge < -0.3 is 14.5 Å². The summed E-state index contributed by atoms with van der Waals surface area (Å²) in [6.45, 7) is 4.32. The van der Waals surface area contributed by atoms with Crippen molar-refractivity contribution in [3.63, 3.8) is 0 Å². The lowest BCUT2D eigenvalue weighted by Gasteiger charge is -2.09. The lowest BCUT2D eigenvalue weighted by atomic mass is 10.2. The first-order valence-corrected chi connectivity index (χ1v) is 7.00. The quantitative estimate of drug-likeness (QED) is 0.755. The highest BCUT2D eigenvalue weighted by Gasteiger charge is 2.18. The number of ether oxygens (including phenoxy) is 1. The van der Waals surface area contributed by atoms with E-state index in [2.05, 4.69) is 20.5 Å². The van der Waals surface area contributed by atoms with Crippen LogP contribution in [-0.4, -0.2) is 27.7 Å². The number of aromatic nitrogens is 3. The minimum atomic E-state index is -0.338. The van der Waals surface area contributed by atoms with E-state index >= 15 is 0 Å². The fourth-order valence-electron chi connectivity index (χ4n) is 2.19. The molecule has 0 aliphatic heterocycles. The Kier molecular flexibility index (Phi) is 3.78. The smallest absolute Gasteiger partial charge is 0.289 e. The molecule has 0 spiro atoms. The third kappa shape index (κ3) is 2.65. The average molecular weight is 300 g/mol. The van der Waals surface area contributed by atoms with E-state index < -0.39 is 0 Å². The molecule has 3 aromatic rings. The molecule has 22 heavy (non-hydrogen) atoms. The lowest BCUT2D eigenvalue weighted by molar-refractivity contribution is 0.0925. The van der Waals surface area contributed by atoms with Gasteiger partial charge in [-0.25, -0.2) is 4.98 Å². The number of carbonyl (C=O) groups excluding carboxylic acids is 1. The molecular formula is C15H16N4O3. The molecule has 0 saturated heterocycles. The molecule has 2 aromatic heterocycles. The number of nitrogens with one attached hydrogen (secondary N) is 2. The maximum absolute atomic E-state index is 12.0. The third-order valence-corrected chi connectivity index (χ3v) is 3.23. The van der Waals surface area contributed by atoms with Crippen molar-refractivity contribution in [1.82, 2.24) is 20.5 Å². The van der Waals surface area contributed by atoms with Gasteiger partial charge in [0.05, 0.1) is 12.6 Å². The molecule has 1 amide bonds. The van der Waals surface area contributed by atoms with Crippen molar-refractivity contribution in [2.24, 2.45) is 0 Å². The molecule has 114 valence electrons. The summed E-state index contributed by atoms with van der Waals surface area (Å²) in [5, 5.41) is 9.91. The van der Waals surface area contributed by atoms with Crippen LogP contribution in [0.2, 0.25) is 0 Å². The molecule has 1 aromatic carbocycles. The van der Waals surface area contributed by atoms with Crippen molar-refractivity contribution < 1.29 is 13.9 Å². The zero-order valence-electron chi connectivity index (χ0n) is 12.3. The summed E-state index contributed by atoms with van der Waals surface area (Å²) in [5.41, 5.74) is 0.681. The Morgan fingerprint density at radius 2 is 2.36 bits per heavy atom. The molecule has 0 bridgehead atoms. The molecule has 1 atom stereocenters. The predicted molar refractivity (Wildman–Crippen MR) is 79.6 cm³/mol. The molecule has 0 aliphatic rings. The molecule has 1 unspecified atom stereocenters. The second-order valence-electron chi connectivity index (χ2n) is 4.79. The number of fused-ring (bicyclic) bond motifs is 1.